The van der Waals surface area contributed by atoms with Crippen LogP contribution in [0.2, 0.25) is 0 Å². The standard InChI is InChI=1S/C16H14I3NO3/c17-10-5-12(18)15(13(19)6-10)20-14(21)7-23-16(22)11-4-8-1-2-9(11)3-8/h1-2,5-6,8-9,11H,3-4,7H2,(H,20,21). The Bertz CT molecular complexity index is 666. The zero-order valence-corrected chi connectivity index (χ0v) is 18.5. The van der Waals surface area contributed by atoms with E-state index in [-0.39, 0.29) is 24.4 Å². The van der Waals surface area contributed by atoms with Crippen LogP contribution in [0.15, 0.2) is 24.3 Å². The lowest BCUT2D eigenvalue weighted by Gasteiger charge is -2.16. The molecule has 3 unspecified atom stereocenters. The first-order valence-corrected chi connectivity index (χ1v) is 10.5. The lowest BCUT2D eigenvalue weighted by Crippen LogP contribution is -2.27. The van der Waals surface area contributed by atoms with Gasteiger partial charge in [0, 0.05) is 10.7 Å². The maximum absolute atomic E-state index is 12.1. The molecule has 0 radical (unpaired) electrons. The highest BCUT2D eigenvalue weighted by Gasteiger charge is 2.40. The van der Waals surface area contributed by atoms with E-state index in [1.165, 1.54) is 0 Å². The first-order valence-electron chi connectivity index (χ1n) is 7.23. The molecular weight excluding hydrogens is 635 g/mol. The van der Waals surface area contributed by atoms with Crippen molar-refractivity contribution in [2.45, 2.75) is 12.8 Å². The third-order valence-corrected chi connectivity index (χ3v) is 6.52. The molecule has 3 atom stereocenters. The van der Waals surface area contributed by atoms with Crippen molar-refractivity contribution in [2.75, 3.05) is 11.9 Å². The number of benzene rings is 1. The smallest absolute Gasteiger partial charge is 0.310 e. The number of halogens is 3. The molecule has 1 amide bonds. The maximum Gasteiger partial charge on any atom is 0.310 e. The number of nitrogens with one attached hydrogen (secondary N) is 1. The number of fused-ring (bicyclic) bond motifs is 2. The van der Waals surface area contributed by atoms with Gasteiger partial charge in [0.15, 0.2) is 6.61 Å². The van der Waals surface area contributed by atoms with Gasteiger partial charge >= 0.3 is 5.97 Å². The highest BCUT2D eigenvalue weighted by atomic mass is 127. The zero-order valence-electron chi connectivity index (χ0n) is 12.0. The Kier molecular flexibility index (Phi) is 5.87. The molecule has 0 saturated heterocycles. The van der Waals surface area contributed by atoms with Crippen LogP contribution in [0.1, 0.15) is 12.8 Å². The van der Waals surface area contributed by atoms with E-state index in [1.807, 2.05) is 12.1 Å². The SMILES string of the molecule is O=C(COC(=O)C1CC2C=CC1C2)Nc1c(I)cc(I)cc1I. The molecule has 2 aliphatic rings. The molecule has 23 heavy (non-hydrogen) atoms. The van der Waals surface area contributed by atoms with Crippen LogP contribution in [-0.2, 0) is 14.3 Å². The lowest BCUT2D eigenvalue weighted by atomic mass is 9.94. The third-order valence-electron chi connectivity index (χ3n) is 4.20. The molecule has 1 N–H and O–H groups in total. The van der Waals surface area contributed by atoms with Crippen LogP contribution >= 0.6 is 67.8 Å². The molecule has 7 heteroatoms. The van der Waals surface area contributed by atoms with E-state index < -0.39 is 0 Å². The highest BCUT2D eigenvalue weighted by Crippen LogP contribution is 2.43. The van der Waals surface area contributed by atoms with E-state index in [4.69, 9.17) is 4.74 Å². The molecule has 0 aromatic heterocycles. The predicted molar refractivity (Wildman–Crippen MR) is 113 cm³/mol. The Morgan fingerprint density at radius 3 is 2.39 bits per heavy atom. The van der Waals surface area contributed by atoms with Crippen molar-refractivity contribution in [3.8, 4) is 0 Å². The Hall–Kier alpha value is 0.0900. The number of esters is 1. The van der Waals surface area contributed by atoms with Crippen LogP contribution in [0.5, 0.6) is 0 Å². The fraction of sp³-hybridized carbons (Fsp3) is 0.375. The van der Waals surface area contributed by atoms with Crippen molar-refractivity contribution in [1.29, 1.82) is 0 Å². The van der Waals surface area contributed by atoms with Gasteiger partial charge in [-0.05, 0) is 105 Å². The van der Waals surface area contributed by atoms with Crippen molar-refractivity contribution in [2.24, 2.45) is 17.8 Å². The number of carbonyl (C=O) groups is 2. The summed E-state index contributed by atoms with van der Waals surface area (Å²) in [6.45, 7) is -0.228. The molecule has 4 nitrogen and oxygen atoms in total. The number of anilines is 1. The number of carbonyl (C=O) groups excluding carboxylic acids is 2. The fourth-order valence-electron chi connectivity index (χ4n) is 3.13. The second-order valence-corrected chi connectivity index (χ2v) is 9.36. The zero-order chi connectivity index (χ0) is 16.6. The van der Waals surface area contributed by atoms with E-state index in [1.54, 1.807) is 0 Å². The molecule has 2 aliphatic carbocycles. The average molecular weight is 649 g/mol. The number of hydrogen-bond acceptors (Lipinski definition) is 3. The molecule has 1 aromatic rings. The molecule has 0 aliphatic heterocycles. The van der Waals surface area contributed by atoms with Gasteiger partial charge in [-0.3, -0.25) is 9.59 Å². The summed E-state index contributed by atoms with van der Waals surface area (Å²) >= 11 is 6.62. The number of ether oxygens (including phenoxy) is 1. The van der Waals surface area contributed by atoms with Gasteiger partial charge in [0.25, 0.3) is 5.91 Å². The molecule has 1 fully saturated rings. The van der Waals surface area contributed by atoms with Crippen LogP contribution in [0.25, 0.3) is 0 Å². The average Bonchev–Trinajstić information content (AvgIpc) is 3.11. The van der Waals surface area contributed by atoms with Gasteiger partial charge in [-0.15, -0.1) is 0 Å². The summed E-state index contributed by atoms with van der Waals surface area (Å²) in [6, 6.07) is 3.99. The molecule has 2 bridgehead atoms. The minimum Gasteiger partial charge on any atom is -0.455 e. The van der Waals surface area contributed by atoms with Gasteiger partial charge in [-0.1, -0.05) is 12.2 Å². The van der Waals surface area contributed by atoms with E-state index in [9.17, 15) is 9.59 Å². The molecule has 122 valence electrons. The third kappa shape index (κ3) is 4.20. The van der Waals surface area contributed by atoms with E-state index in [0.29, 0.717) is 11.8 Å². The summed E-state index contributed by atoms with van der Waals surface area (Å²) in [7, 11) is 0. The number of rotatable bonds is 4. The van der Waals surface area contributed by atoms with Crippen LogP contribution in [0.4, 0.5) is 5.69 Å². The van der Waals surface area contributed by atoms with Crippen LogP contribution in [0.3, 0.4) is 0 Å². The van der Waals surface area contributed by atoms with E-state index in [2.05, 4.69) is 85.2 Å². The quantitative estimate of drug-likeness (QED) is 0.303. The van der Waals surface area contributed by atoms with Crippen LogP contribution in [0, 0.1) is 28.5 Å². The fourth-order valence-corrected chi connectivity index (χ4v) is 6.98. The monoisotopic (exact) mass is 649 g/mol. The lowest BCUT2D eigenvalue weighted by molar-refractivity contribution is -0.152. The summed E-state index contributed by atoms with van der Waals surface area (Å²) in [5.74, 6) is 0.199. The second kappa shape index (κ2) is 7.54. The van der Waals surface area contributed by atoms with Crippen molar-refractivity contribution in [3.05, 3.63) is 35.0 Å². The Balaban J connectivity index is 1.54. The Labute approximate surface area is 175 Å². The van der Waals surface area contributed by atoms with Gasteiger partial charge in [0.05, 0.1) is 11.6 Å². The predicted octanol–water partition coefficient (Wildman–Crippen LogP) is 4.19. The summed E-state index contributed by atoms with van der Waals surface area (Å²) < 4.78 is 8.28. The molecular formula is C16H14I3NO3. The molecule has 1 saturated carbocycles. The number of amides is 1. The maximum atomic E-state index is 12.1. The van der Waals surface area contributed by atoms with Crippen LogP contribution < -0.4 is 5.32 Å². The minimum absolute atomic E-state index is 0.0728. The number of allylic oxidation sites excluding steroid dienone is 2. The Morgan fingerprint density at radius 2 is 1.83 bits per heavy atom. The second-order valence-electron chi connectivity index (χ2n) is 5.79. The van der Waals surface area contributed by atoms with Crippen molar-refractivity contribution >= 4 is 85.3 Å². The first kappa shape index (κ1) is 17.9. The van der Waals surface area contributed by atoms with Gasteiger partial charge < -0.3 is 10.1 Å². The molecule has 1 aromatic carbocycles. The van der Waals surface area contributed by atoms with E-state index in [0.717, 1.165) is 29.2 Å². The van der Waals surface area contributed by atoms with Crippen molar-refractivity contribution in [3.63, 3.8) is 0 Å². The summed E-state index contributed by atoms with van der Waals surface area (Å²) in [4.78, 5) is 24.2. The topological polar surface area (TPSA) is 55.4 Å². The molecule has 0 spiro atoms. The Morgan fingerprint density at radius 1 is 1.13 bits per heavy atom. The summed E-state index contributed by atoms with van der Waals surface area (Å²) in [5, 5.41) is 2.84. The van der Waals surface area contributed by atoms with Crippen molar-refractivity contribution in [1.82, 2.24) is 0 Å². The van der Waals surface area contributed by atoms with Gasteiger partial charge in [-0.2, -0.15) is 0 Å². The normalized spacial score (nSPS) is 24.7. The van der Waals surface area contributed by atoms with Crippen LogP contribution in [-0.4, -0.2) is 18.5 Å². The molecule has 0 heterocycles. The van der Waals surface area contributed by atoms with Crippen molar-refractivity contribution < 1.29 is 14.3 Å². The summed E-state index contributed by atoms with van der Waals surface area (Å²) in [6.07, 6.45) is 6.19. The first-order chi connectivity index (χ1) is 10.9. The number of hydrogen-bond donors (Lipinski definition) is 1. The van der Waals surface area contributed by atoms with E-state index >= 15 is 0 Å². The minimum atomic E-state index is -0.297. The largest absolute Gasteiger partial charge is 0.455 e. The summed E-state index contributed by atoms with van der Waals surface area (Å²) in [5.41, 5.74) is 0.774. The van der Waals surface area contributed by atoms with Gasteiger partial charge in [0.2, 0.25) is 0 Å². The molecule has 3 rings (SSSR count). The van der Waals surface area contributed by atoms with Gasteiger partial charge in [-0.25, -0.2) is 0 Å². The highest BCUT2D eigenvalue weighted by molar-refractivity contribution is 14.1. The van der Waals surface area contributed by atoms with Gasteiger partial charge in [0.1, 0.15) is 0 Å².